The first-order chi connectivity index (χ1) is 16.1. The lowest BCUT2D eigenvalue weighted by Gasteiger charge is -2.41. The van der Waals surface area contributed by atoms with Crippen LogP contribution < -0.4 is 4.90 Å². The van der Waals surface area contributed by atoms with E-state index in [-0.39, 0.29) is 5.78 Å². The number of carbonyl (C=O) groups is 1. The first-order valence-electron chi connectivity index (χ1n) is 11.2. The second-order valence-corrected chi connectivity index (χ2v) is 8.85. The summed E-state index contributed by atoms with van der Waals surface area (Å²) >= 11 is 6.12. The van der Waals surface area contributed by atoms with Crippen molar-refractivity contribution in [2.24, 2.45) is 0 Å². The van der Waals surface area contributed by atoms with Crippen molar-refractivity contribution in [1.82, 2.24) is 9.88 Å². The number of aliphatic hydroxyl groups is 1. The maximum absolute atomic E-state index is 13.5. The summed E-state index contributed by atoms with van der Waals surface area (Å²) in [5.74, 6) is -0.280. The second kappa shape index (κ2) is 9.40. The molecule has 4 aromatic rings. The molecular weight excluding hydrogens is 434 g/mol. The number of hydrogen-bond donors (Lipinski definition) is 2. The SMILES string of the molecule is O=C(c1c[nH]c2ccccc12)[C@H](O)[C@@H](c1ccc(Cl)cc1)N1CCN(c2ccccc2)CC1. The van der Waals surface area contributed by atoms with E-state index in [1.165, 1.54) is 5.69 Å². The van der Waals surface area contributed by atoms with E-state index < -0.39 is 12.1 Å². The van der Waals surface area contributed by atoms with E-state index in [1.807, 2.05) is 66.7 Å². The average Bonchev–Trinajstić information content (AvgIpc) is 3.30. The van der Waals surface area contributed by atoms with Gasteiger partial charge in [0, 0.05) is 59.6 Å². The molecule has 1 fully saturated rings. The van der Waals surface area contributed by atoms with Crippen LogP contribution >= 0.6 is 11.6 Å². The van der Waals surface area contributed by atoms with Crippen molar-refractivity contribution in [3.05, 3.63) is 101 Å². The summed E-state index contributed by atoms with van der Waals surface area (Å²) in [6.45, 7) is 3.12. The predicted molar refractivity (Wildman–Crippen MR) is 133 cm³/mol. The standard InChI is InChI=1S/C27H26ClN3O2/c28-20-12-10-19(11-13-20)25(31-16-14-30(15-17-31)21-6-2-1-3-7-21)27(33)26(32)23-18-29-24-9-5-4-8-22(23)24/h1-13,18,25,27,29,33H,14-17H2/t25-,27-/m1/s1. The van der Waals surface area contributed by atoms with Crippen LogP contribution in [0.4, 0.5) is 5.69 Å². The molecule has 0 bridgehead atoms. The number of rotatable bonds is 6. The normalized spacial score (nSPS) is 16.6. The molecule has 2 N–H and O–H groups in total. The Labute approximate surface area is 198 Å². The number of benzene rings is 3. The molecule has 0 radical (unpaired) electrons. The highest BCUT2D eigenvalue weighted by Gasteiger charge is 2.35. The number of hydrogen-bond acceptors (Lipinski definition) is 4. The van der Waals surface area contributed by atoms with Gasteiger partial charge in [-0.2, -0.15) is 0 Å². The molecule has 3 aromatic carbocycles. The van der Waals surface area contributed by atoms with Gasteiger partial charge in [0.25, 0.3) is 0 Å². The number of piperazine rings is 1. The van der Waals surface area contributed by atoms with E-state index in [1.54, 1.807) is 6.20 Å². The number of halogens is 1. The van der Waals surface area contributed by atoms with Crippen LogP contribution in [-0.4, -0.2) is 53.1 Å². The maximum atomic E-state index is 13.5. The largest absolute Gasteiger partial charge is 0.383 e. The molecule has 2 atom stereocenters. The van der Waals surface area contributed by atoms with Crippen LogP contribution in [0, 0.1) is 0 Å². The van der Waals surface area contributed by atoms with Crippen molar-refractivity contribution in [1.29, 1.82) is 0 Å². The summed E-state index contributed by atoms with van der Waals surface area (Å²) in [5, 5.41) is 12.9. The van der Waals surface area contributed by atoms with Crippen molar-refractivity contribution in [2.75, 3.05) is 31.1 Å². The van der Waals surface area contributed by atoms with Gasteiger partial charge in [0.15, 0.2) is 5.78 Å². The van der Waals surface area contributed by atoms with Crippen LogP contribution in [0.3, 0.4) is 0 Å². The molecule has 0 unspecified atom stereocenters. The van der Waals surface area contributed by atoms with Crippen molar-refractivity contribution < 1.29 is 9.90 Å². The van der Waals surface area contributed by atoms with Crippen LogP contribution in [0.25, 0.3) is 10.9 Å². The highest BCUT2D eigenvalue weighted by molar-refractivity contribution is 6.30. The molecule has 6 heteroatoms. The van der Waals surface area contributed by atoms with E-state index in [2.05, 4.69) is 26.9 Å². The molecule has 0 amide bonds. The third kappa shape index (κ3) is 4.40. The number of ketones is 1. The smallest absolute Gasteiger partial charge is 0.195 e. The number of carbonyl (C=O) groups excluding carboxylic acids is 1. The number of nitrogens with zero attached hydrogens (tertiary/aromatic N) is 2. The van der Waals surface area contributed by atoms with Gasteiger partial charge >= 0.3 is 0 Å². The van der Waals surface area contributed by atoms with Crippen LogP contribution in [0.1, 0.15) is 22.0 Å². The molecule has 1 aliphatic heterocycles. The Morgan fingerprint density at radius 3 is 2.27 bits per heavy atom. The third-order valence-electron chi connectivity index (χ3n) is 6.46. The number of aromatic amines is 1. The summed E-state index contributed by atoms with van der Waals surface area (Å²) in [5.41, 5.74) is 3.47. The third-order valence-corrected chi connectivity index (χ3v) is 6.71. The Bertz CT molecular complexity index is 1230. The van der Waals surface area contributed by atoms with Crippen LogP contribution in [0.15, 0.2) is 85.1 Å². The van der Waals surface area contributed by atoms with Gasteiger partial charge < -0.3 is 15.0 Å². The first kappa shape index (κ1) is 21.7. The minimum absolute atomic E-state index is 0.280. The number of H-pyrrole nitrogens is 1. The van der Waals surface area contributed by atoms with Crippen LogP contribution in [0.2, 0.25) is 5.02 Å². The average molecular weight is 460 g/mol. The van der Waals surface area contributed by atoms with Crippen LogP contribution in [-0.2, 0) is 0 Å². The number of para-hydroxylation sites is 2. The quantitative estimate of drug-likeness (QED) is 0.401. The number of Topliss-reactive ketones (excluding diaryl/α,β-unsaturated/α-hetero) is 1. The predicted octanol–water partition coefficient (Wildman–Crippen LogP) is 4.93. The Balaban J connectivity index is 1.42. The molecule has 1 aliphatic rings. The van der Waals surface area contributed by atoms with E-state index in [4.69, 9.17) is 11.6 Å². The van der Waals surface area contributed by atoms with Crippen molar-refractivity contribution in [3.63, 3.8) is 0 Å². The molecule has 2 heterocycles. The van der Waals surface area contributed by atoms with Gasteiger partial charge in [-0.05, 0) is 35.9 Å². The summed E-state index contributed by atoms with van der Waals surface area (Å²) < 4.78 is 0. The molecule has 1 aromatic heterocycles. The lowest BCUT2D eigenvalue weighted by atomic mass is 9.93. The zero-order valence-electron chi connectivity index (χ0n) is 18.2. The van der Waals surface area contributed by atoms with E-state index >= 15 is 0 Å². The van der Waals surface area contributed by atoms with Crippen molar-refractivity contribution in [3.8, 4) is 0 Å². The lowest BCUT2D eigenvalue weighted by Crippen LogP contribution is -2.51. The van der Waals surface area contributed by atoms with Gasteiger partial charge in [0.1, 0.15) is 6.10 Å². The molecule has 0 aliphatic carbocycles. The number of aliphatic hydroxyl groups excluding tert-OH is 1. The van der Waals surface area contributed by atoms with Gasteiger partial charge in [-0.1, -0.05) is 60.1 Å². The van der Waals surface area contributed by atoms with E-state index in [9.17, 15) is 9.90 Å². The summed E-state index contributed by atoms with van der Waals surface area (Å²) in [6, 6.07) is 25.0. The number of nitrogens with one attached hydrogen (secondary N) is 1. The summed E-state index contributed by atoms with van der Waals surface area (Å²) in [7, 11) is 0. The Morgan fingerprint density at radius 2 is 1.55 bits per heavy atom. The Morgan fingerprint density at radius 1 is 0.879 bits per heavy atom. The molecule has 5 rings (SSSR count). The molecule has 0 saturated carbocycles. The monoisotopic (exact) mass is 459 g/mol. The maximum Gasteiger partial charge on any atom is 0.195 e. The first-order valence-corrected chi connectivity index (χ1v) is 11.6. The molecule has 5 nitrogen and oxygen atoms in total. The highest BCUT2D eigenvalue weighted by Crippen LogP contribution is 2.31. The van der Waals surface area contributed by atoms with E-state index in [0.717, 1.165) is 42.6 Å². The highest BCUT2D eigenvalue weighted by atomic mass is 35.5. The minimum Gasteiger partial charge on any atom is -0.383 e. The number of fused-ring (bicyclic) bond motifs is 1. The molecular formula is C27H26ClN3O2. The van der Waals surface area contributed by atoms with Gasteiger partial charge in [0.2, 0.25) is 0 Å². The zero-order chi connectivity index (χ0) is 22.8. The second-order valence-electron chi connectivity index (χ2n) is 8.41. The number of aromatic nitrogens is 1. The van der Waals surface area contributed by atoms with E-state index in [0.29, 0.717) is 10.6 Å². The van der Waals surface area contributed by atoms with Gasteiger partial charge in [-0.25, -0.2) is 0 Å². The fourth-order valence-electron chi connectivity index (χ4n) is 4.73. The number of anilines is 1. The fourth-order valence-corrected chi connectivity index (χ4v) is 4.85. The van der Waals surface area contributed by atoms with Gasteiger partial charge in [-0.15, -0.1) is 0 Å². The molecule has 1 saturated heterocycles. The van der Waals surface area contributed by atoms with Crippen molar-refractivity contribution in [2.45, 2.75) is 12.1 Å². The summed E-state index contributed by atoms with van der Waals surface area (Å²) in [6.07, 6.45) is 0.497. The van der Waals surface area contributed by atoms with Gasteiger partial charge in [0.05, 0.1) is 6.04 Å². The minimum atomic E-state index is -1.20. The Hall–Kier alpha value is -3.12. The van der Waals surface area contributed by atoms with Crippen LogP contribution in [0.5, 0.6) is 0 Å². The molecule has 168 valence electrons. The fraction of sp³-hybridized carbons (Fsp3) is 0.222. The summed E-state index contributed by atoms with van der Waals surface area (Å²) in [4.78, 5) is 21.2. The Kier molecular flexibility index (Phi) is 6.18. The lowest BCUT2D eigenvalue weighted by molar-refractivity contribution is 0.0366. The topological polar surface area (TPSA) is 59.6 Å². The van der Waals surface area contributed by atoms with Crippen molar-refractivity contribution >= 4 is 34.0 Å². The molecule has 33 heavy (non-hydrogen) atoms. The van der Waals surface area contributed by atoms with Gasteiger partial charge in [-0.3, -0.25) is 9.69 Å². The molecule has 0 spiro atoms. The zero-order valence-corrected chi connectivity index (χ0v) is 18.9.